The molecule has 0 atom stereocenters. The van der Waals surface area contributed by atoms with Crippen LogP contribution in [-0.4, -0.2) is 38.8 Å². The summed E-state index contributed by atoms with van der Waals surface area (Å²) in [6.07, 6.45) is 2.48. The number of aromatic hydroxyl groups is 1. The maximum Gasteiger partial charge on any atom is 0.407 e. The third-order valence-corrected chi connectivity index (χ3v) is 6.67. The first-order chi connectivity index (χ1) is 16.5. The minimum atomic E-state index is -0.707. The van der Waals surface area contributed by atoms with Gasteiger partial charge in [0.15, 0.2) is 5.69 Å². The van der Waals surface area contributed by atoms with Crippen molar-refractivity contribution in [2.75, 3.05) is 6.54 Å². The Morgan fingerprint density at radius 3 is 2.49 bits per heavy atom. The average Bonchev–Trinajstić information content (AvgIpc) is 3.05. The molecule has 0 saturated heterocycles. The van der Waals surface area contributed by atoms with Gasteiger partial charge in [-0.15, -0.1) is 0 Å². The summed E-state index contributed by atoms with van der Waals surface area (Å²) >= 11 is 0. The lowest BCUT2D eigenvalue weighted by atomic mass is 9.71. The molecule has 0 radical (unpaired) electrons. The molecule has 2 aliphatic heterocycles. The van der Waals surface area contributed by atoms with E-state index in [2.05, 4.69) is 15.6 Å². The van der Waals surface area contributed by atoms with E-state index >= 15 is 0 Å². The summed E-state index contributed by atoms with van der Waals surface area (Å²) in [7, 11) is 0. The van der Waals surface area contributed by atoms with Crippen LogP contribution in [0.3, 0.4) is 0 Å². The van der Waals surface area contributed by atoms with Gasteiger partial charge in [0.1, 0.15) is 17.2 Å². The Kier molecular flexibility index (Phi) is 6.57. The van der Waals surface area contributed by atoms with Gasteiger partial charge in [-0.3, -0.25) is 14.2 Å². The van der Waals surface area contributed by atoms with Gasteiger partial charge < -0.3 is 20.5 Å². The number of fused-ring (bicyclic) bond motifs is 2. The fraction of sp³-hybridized carbons (Fsp3) is 0.520. The summed E-state index contributed by atoms with van der Waals surface area (Å²) in [5.41, 5.74) is -1.69. The highest BCUT2D eigenvalue weighted by atomic mass is 19.1. The molecule has 2 aromatic rings. The monoisotopic (exact) mass is 486 g/mol. The third kappa shape index (κ3) is 5.31. The van der Waals surface area contributed by atoms with Crippen LogP contribution in [0.25, 0.3) is 0 Å². The number of nitrogens with zero attached hydrogens (tertiary/aromatic N) is 2. The van der Waals surface area contributed by atoms with Gasteiger partial charge in [0, 0.05) is 25.0 Å². The predicted molar refractivity (Wildman–Crippen MR) is 126 cm³/mol. The Hall–Kier alpha value is -3.43. The number of aromatic nitrogens is 2. The predicted octanol–water partition coefficient (Wildman–Crippen LogP) is 2.98. The normalized spacial score (nSPS) is 21.1. The molecular formula is C25H31FN4O5. The minimum Gasteiger partial charge on any atom is -0.501 e. The van der Waals surface area contributed by atoms with Crippen molar-refractivity contribution < 1.29 is 23.8 Å². The van der Waals surface area contributed by atoms with Crippen LogP contribution < -0.4 is 16.2 Å². The molecule has 9 nitrogen and oxygen atoms in total. The van der Waals surface area contributed by atoms with Crippen molar-refractivity contribution in [3.63, 3.8) is 0 Å². The molecule has 35 heavy (non-hydrogen) atoms. The number of amides is 2. The highest BCUT2D eigenvalue weighted by Gasteiger charge is 2.45. The second kappa shape index (κ2) is 9.31. The third-order valence-electron chi connectivity index (χ3n) is 6.67. The number of rotatable bonds is 5. The SMILES string of the molecule is CC(C)(C)OC(=O)NCC12CCC(CC1)Cn1c2nc(C(=O)NCc2ccc(F)cc2)c(O)c1=O. The Morgan fingerprint density at radius 2 is 1.86 bits per heavy atom. The van der Waals surface area contributed by atoms with Gasteiger partial charge in [0.25, 0.3) is 11.5 Å². The standard InChI is InChI=1S/C25H31FN4O5/c1-24(2,3)35-23(34)28-14-25-10-8-16(9-11-25)13-30-21(33)19(31)18(29-22(25)30)20(32)27-12-15-4-6-17(26)7-5-15/h4-7,16,31H,8-14H2,1-3H3,(H,27,32)(H,28,34). The van der Waals surface area contributed by atoms with Gasteiger partial charge in [-0.2, -0.15) is 0 Å². The van der Waals surface area contributed by atoms with Crippen molar-refractivity contribution in [3.8, 4) is 5.75 Å². The molecule has 5 rings (SSSR count). The number of carbonyl (C=O) groups excluding carboxylic acids is 2. The van der Waals surface area contributed by atoms with Crippen LogP contribution >= 0.6 is 0 Å². The lowest BCUT2D eigenvalue weighted by Gasteiger charge is -2.36. The first kappa shape index (κ1) is 24.7. The molecule has 1 fully saturated rings. The zero-order chi connectivity index (χ0) is 25.4. The number of carbonyl (C=O) groups is 2. The molecule has 3 heterocycles. The first-order valence-corrected chi connectivity index (χ1v) is 11.8. The van der Waals surface area contributed by atoms with E-state index < -0.39 is 40.1 Å². The average molecular weight is 487 g/mol. The molecule has 1 aromatic heterocycles. The van der Waals surface area contributed by atoms with E-state index in [-0.39, 0.29) is 24.7 Å². The first-order valence-electron chi connectivity index (χ1n) is 11.8. The van der Waals surface area contributed by atoms with Crippen molar-refractivity contribution in [3.05, 3.63) is 57.5 Å². The number of alkyl carbamates (subject to hydrolysis) is 1. The Morgan fingerprint density at radius 1 is 1.20 bits per heavy atom. The van der Waals surface area contributed by atoms with Crippen LogP contribution in [-0.2, 0) is 23.2 Å². The van der Waals surface area contributed by atoms with E-state index in [1.165, 1.54) is 28.8 Å². The molecule has 2 amide bonds. The van der Waals surface area contributed by atoms with E-state index in [0.717, 1.165) is 12.8 Å². The molecular weight excluding hydrogens is 455 g/mol. The largest absolute Gasteiger partial charge is 0.501 e. The molecule has 10 heteroatoms. The Labute approximate surface area is 202 Å². The molecule has 1 aromatic carbocycles. The van der Waals surface area contributed by atoms with Crippen molar-refractivity contribution in [1.29, 1.82) is 0 Å². The number of hydrogen-bond donors (Lipinski definition) is 3. The van der Waals surface area contributed by atoms with Crippen LogP contribution in [0.4, 0.5) is 9.18 Å². The highest BCUT2D eigenvalue weighted by Crippen LogP contribution is 2.44. The molecule has 1 saturated carbocycles. The van der Waals surface area contributed by atoms with E-state index in [1.807, 2.05) is 0 Å². The second-order valence-electron chi connectivity index (χ2n) is 10.4. The van der Waals surface area contributed by atoms with Crippen LogP contribution in [0.1, 0.15) is 68.3 Å². The molecule has 2 bridgehead atoms. The number of ether oxygens (including phenoxy) is 1. The van der Waals surface area contributed by atoms with Crippen LogP contribution in [0.15, 0.2) is 29.1 Å². The summed E-state index contributed by atoms with van der Waals surface area (Å²) in [4.78, 5) is 42.9. The van der Waals surface area contributed by atoms with Crippen LogP contribution in [0.5, 0.6) is 5.75 Å². The summed E-state index contributed by atoms with van der Waals surface area (Å²) in [6.45, 7) is 6.00. The van der Waals surface area contributed by atoms with Crippen molar-refractivity contribution in [2.45, 2.75) is 70.6 Å². The molecule has 0 unspecified atom stereocenters. The molecule has 1 aliphatic carbocycles. The Bertz CT molecular complexity index is 1180. The van der Waals surface area contributed by atoms with Crippen LogP contribution in [0.2, 0.25) is 0 Å². The van der Waals surface area contributed by atoms with Crippen molar-refractivity contribution in [1.82, 2.24) is 20.2 Å². The number of hydrogen-bond acceptors (Lipinski definition) is 6. The summed E-state index contributed by atoms with van der Waals surface area (Å²) in [5, 5.41) is 16.0. The molecule has 3 N–H and O–H groups in total. The zero-order valence-electron chi connectivity index (χ0n) is 20.2. The summed E-state index contributed by atoms with van der Waals surface area (Å²) in [6, 6.07) is 5.63. The minimum absolute atomic E-state index is 0.0755. The molecule has 3 aliphatic rings. The topological polar surface area (TPSA) is 123 Å². The van der Waals surface area contributed by atoms with Gasteiger partial charge in [0.05, 0.1) is 0 Å². The highest BCUT2D eigenvalue weighted by molar-refractivity contribution is 5.94. The number of halogens is 1. The van der Waals surface area contributed by atoms with Crippen molar-refractivity contribution in [2.24, 2.45) is 5.92 Å². The number of nitrogens with one attached hydrogen (secondary N) is 2. The van der Waals surface area contributed by atoms with E-state index in [4.69, 9.17) is 4.74 Å². The van der Waals surface area contributed by atoms with E-state index in [9.17, 15) is 23.9 Å². The number of benzene rings is 1. The van der Waals surface area contributed by atoms with E-state index in [1.54, 1.807) is 20.8 Å². The van der Waals surface area contributed by atoms with Gasteiger partial charge in [-0.05, 0) is 70.1 Å². The quantitative estimate of drug-likeness (QED) is 0.597. The second-order valence-corrected chi connectivity index (χ2v) is 10.4. The van der Waals surface area contributed by atoms with Crippen LogP contribution in [0, 0.1) is 11.7 Å². The lowest BCUT2D eigenvalue weighted by molar-refractivity contribution is 0.0504. The Balaban J connectivity index is 1.63. The maximum atomic E-state index is 13.1. The zero-order valence-corrected chi connectivity index (χ0v) is 20.2. The summed E-state index contributed by atoms with van der Waals surface area (Å²) in [5.74, 6) is -1.16. The van der Waals surface area contributed by atoms with Crippen molar-refractivity contribution >= 4 is 12.0 Å². The van der Waals surface area contributed by atoms with Gasteiger partial charge in [0.2, 0.25) is 5.75 Å². The summed E-state index contributed by atoms with van der Waals surface area (Å²) < 4.78 is 20.0. The van der Waals surface area contributed by atoms with E-state index in [0.29, 0.717) is 30.8 Å². The molecule has 0 spiro atoms. The van der Waals surface area contributed by atoms with Gasteiger partial charge in [-0.1, -0.05) is 12.1 Å². The maximum absolute atomic E-state index is 13.1. The fourth-order valence-electron chi connectivity index (χ4n) is 4.85. The smallest absolute Gasteiger partial charge is 0.407 e. The lowest BCUT2D eigenvalue weighted by Crippen LogP contribution is -2.46. The fourth-order valence-corrected chi connectivity index (χ4v) is 4.85. The molecule has 188 valence electrons. The van der Waals surface area contributed by atoms with Gasteiger partial charge >= 0.3 is 6.09 Å². The van der Waals surface area contributed by atoms with Gasteiger partial charge in [-0.25, -0.2) is 14.2 Å².